The van der Waals surface area contributed by atoms with Gasteiger partial charge in [0.1, 0.15) is 11.6 Å². The molecular formula is C93H119N15O12S. The molecule has 3 amide bonds. The van der Waals surface area contributed by atoms with Gasteiger partial charge in [-0.3, -0.25) is 14.4 Å². The lowest BCUT2D eigenvalue weighted by molar-refractivity contribution is 0.0679. The fourth-order valence-electron chi connectivity index (χ4n) is 17.4. The number of aryl methyl sites for hydroxylation is 1. The smallest absolute Gasteiger partial charge is 0.257 e. The van der Waals surface area contributed by atoms with Gasteiger partial charge in [0, 0.05) is 181 Å². The first-order valence-electron chi connectivity index (χ1n) is 42.5. The lowest BCUT2D eigenvalue weighted by Gasteiger charge is -2.36. The molecule has 0 spiro atoms. The molecule has 2 N–H and O–H groups in total. The summed E-state index contributed by atoms with van der Waals surface area (Å²) in [6, 6.07) is 47.1. The number of fused-ring (bicyclic) bond motifs is 3. The molecule has 9 aromatic rings. The van der Waals surface area contributed by atoms with Gasteiger partial charge in [-0.15, -0.1) is 0 Å². The van der Waals surface area contributed by atoms with Crippen LogP contribution in [0, 0.1) is 6.92 Å². The highest BCUT2D eigenvalue weighted by Gasteiger charge is 2.41. The van der Waals surface area contributed by atoms with E-state index >= 15 is 0 Å². The largest absolute Gasteiger partial charge is 0.494 e. The highest BCUT2D eigenvalue weighted by Crippen LogP contribution is 2.45. The Morgan fingerprint density at radius 3 is 1.15 bits per heavy atom. The molecule has 644 valence electrons. The monoisotopic (exact) mass is 1670 g/mol. The van der Waals surface area contributed by atoms with E-state index in [1.54, 1.807) is 79.7 Å². The third-order valence-corrected chi connectivity index (χ3v) is 26.0. The second-order valence-electron chi connectivity index (χ2n) is 31.1. The number of aromatic nitrogens is 4. The number of nitrogens with one attached hydrogen (secondary N) is 2. The van der Waals surface area contributed by atoms with Crippen molar-refractivity contribution in [1.82, 2.24) is 53.6 Å². The molecule has 0 aliphatic carbocycles. The van der Waals surface area contributed by atoms with Crippen molar-refractivity contribution in [3.63, 3.8) is 0 Å². The number of imidazole rings is 1. The number of para-hydroxylation sites is 1. The summed E-state index contributed by atoms with van der Waals surface area (Å²) in [5.74, 6) is 6.10. The molecule has 2 aromatic heterocycles. The van der Waals surface area contributed by atoms with Crippen LogP contribution in [0.15, 0.2) is 169 Å². The molecule has 3 atom stereocenters. The number of carbonyl (C=O) groups is 3. The number of anilines is 4. The number of nitrogens with zero attached hydrogens (tertiary/aromatic N) is 13. The Bertz CT molecular complexity index is 4880. The Morgan fingerprint density at radius 2 is 0.793 bits per heavy atom. The van der Waals surface area contributed by atoms with Crippen LogP contribution in [0.3, 0.4) is 0 Å². The number of benzene rings is 7. The van der Waals surface area contributed by atoms with Crippen molar-refractivity contribution >= 4 is 50.8 Å². The molecule has 27 nitrogen and oxygen atoms in total. The van der Waals surface area contributed by atoms with Gasteiger partial charge in [0.15, 0.2) is 39.5 Å². The van der Waals surface area contributed by atoms with Crippen LogP contribution < -0.4 is 57.9 Å². The first-order valence-corrected chi connectivity index (χ1v) is 43.9. The molecule has 0 unspecified atom stereocenters. The van der Waals surface area contributed by atoms with Crippen molar-refractivity contribution < 1.29 is 56.0 Å². The first kappa shape index (κ1) is 87.6. The molecule has 121 heavy (non-hydrogen) atoms. The van der Waals surface area contributed by atoms with E-state index in [2.05, 4.69) is 93.4 Å². The van der Waals surface area contributed by atoms with Crippen molar-refractivity contribution in [2.45, 2.75) is 109 Å². The number of sulfonamides is 1. The Kier molecular flexibility index (Phi) is 30.0. The minimum atomic E-state index is -3.73. The molecule has 28 heteroatoms. The highest BCUT2D eigenvalue weighted by atomic mass is 32.2. The third kappa shape index (κ3) is 20.4. The first-order chi connectivity index (χ1) is 58.9. The average Bonchev–Trinajstić information content (AvgIpc) is 1.63. The zero-order valence-corrected chi connectivity index (χ0v) is 72.8. The van der Waals surface area contributed by atoms with E-state index in [1.165, 1.54) is 17.6 Å². The van der Waals surface area contributed by atoms with Crippen molar-refractivity contribution in [2.75, 3.05) is 181 Å². The van der Waals surface area contributed by atoms with Crippen molar-refractivity contribution in [3.8, 4) is 40.2 Å². The molecule has 3 saturated heterocycles. The van der Waals surface area contributed by atoms with Crippen molar-refractivity contribution in [1.29, 1.82) is 0 Å². The van der Waals surface area contributed by atoms with Gasteiger partial charge in [0.05, 0.1) is 73.6 Å². The molecule has 7 aromatic carbocycles. The average molecular weight is 1670 g/mol. The van der Waals surface area contributed by atoms with E-state index < -0.39 is 10.0 Å². The van der Waals surface area contributed by atoms with Gasteiger partial charge in [-0.2, -0.15) is 0 Å². The van der Waals surface area contributed by atoms with Gasteiger partial charge < -0.3 is 87.1 Å². The Hall–Kier alpha value is -11.2. The maximum Gasteiger partial charge on any atom is 0.257 e. The molecule has 6 aliphatic heterocycles. The quantitative estimate of drug-likeness (QED) is 0.0356. The summed E-state index contributed by atoms with van der Waals surface area (Å²) < 4.78 is 69.4. The number of hydrogen-bond donors (Lipinski definition) is 2. The van der Waals surface area contributed by atoms with E-state index in [9.17, 15) is 22.8 Å². The third-order valence-electron chi connectivity index (χ3n) is 24.4. The molecule has 0 bridgehead atoms. The lowest BCUT2D eigenvalue weighted by atomic mass is 9.99. The summed E-state index contributed by atoms with van der Waals surface area (Å²) in [4.78, 5) is 75.0. The minimum Gasteiger partial charge on any atom is -0.494 e. The molecule has 0 radical (unpaired) electrons. The van der Waals surface area contributed by atoms with E-state index in [1.807, 2.05) is 136 Å². The molecule has 15 rings (SSSR count). The number of hydrogen-bond acceptors (Lipinski definition) is 22. The number of ether oxygens (including phenoxy) is 7. The van der Waals surface area contributed by atoms with Gasteiger partial charge in [-0.25, -0.2) is 28.1 Å². The summed E-state index contributed by atoms with van der Waals surface area (Å²) in [5, 5.41) is 3.41. The van der Waals surface area contributed by atoms with Crippen LogP contribution in [0.5, 0.6) is 40.2 Å². The molecule has 3 fully saturated rings. The van der Waals surface area contributed by atoms with Crippen LogP contribution in [0.2, 0.25) is 0 Å². The number of amides is 3. The van der Waals surface area contributed by atoms with E-state index in [4.69, 9.17) is 33.2 Å². The minimum absolute atomic E-state index is 0.0187. The summed E-state index contributed by atoms with van der Waals surface area (Å²) in [6.45, 7) is 26.7. The van der Waals surface area contributed by atoms with Crippen LogP contribution in [-0.2, 0) is 36.7 Å². The van der Waals surface area contributed by atoms with E-state index in [-0.39, 0.29) is 47.4 Å². The summed E-state index contributed by atoms with van der Waals surface area (Å²) in [7, 11) is 7.69. The number of piperazine rings is 3. The molecule has 8 heterocycles. The van der Waals surface area contributed by atoms with E-state index in [0.717, 1.165) is 185 Å². The molecule has 6 aliphatic rings. The van der Waals surface area contributed by atoms with Crippen LogP contribution in [0.25, 0.3) is 0 Å². The zero-order chi connectivity index (χ0) is 85.1. The Labute approximate surface area is 713 Å². The Balaban J connectivity index is 0.000000157. The fourth-order valence-corrected chi connectivity index (χ4v) is 18.7. The summed E-state index contributed by atoms with van der Waals surface area (Å²) >= 11 is 0. The number of methoxy groups -OCH3 is 6. The second kappa shape index (κ2) is 41.4. The number of rotatable bonds is 34. The van der Waals surface area contributed by atoms with Crippen LogP contribution in [0.1, 0.15) is 148 Å². The fraction of sp³-hybridized carbons (Fsp3) is 0.441. The maximum atomic E-state index is 14.0. The van der Waals surface area contributed by atoms with Crippen LogP contribution >= 0.6 is 0 Å². The normalized spacial score (nSPS) is 16.3. The highest BCUT2D eigenvalue weighted by molar-refractivity contribution is 7.89. The van der Waals surface area contributed by atoms with Crippen molar-refractivity contribution in [2.24, 2.45) is 7.05 Å². The summed E-state index contributed by atoms with van der Waals surface area (Å²) in [6.07, 6.45) is 9.07. The topological polar surface area (TPSA) is 247 Å². The van der Waals surface area contributed by atoms with Crippen molar-refractivity contribution in [3.05, 3.63) is 220 Å². The van der Waals surface area contributed by atoms with Gasteiger partial charge in [0.2, 0.25) is 5.95 Å². The van der Waals surface area contributed by atoms with Gasteiger partial charge in [-0.1, -0.05) is 75.4 Å². The lowest BCUT2D eigenvalue weighted by Crippen LogP contribution is -2.46. The van der Waals surface area contributed by atoms with Crippen LogP contribution in [-0.4, -0.2) is 236 Å². The number of likely N-dealkylation sites (N-methyl/N-ethyl adjacent to an activating group) is 3. The van der Waals surface area contributed by atoms with Crippen LogP contribution in [0.4, 0.5) is 23.0 Å². The predicted octanol–water partition coefficient (Wildman–Crippen LogP) is 13.0. The van der Waals surface area contributed by atoms with E-state index in [0.29, 0.717) is 91.9 Å². The number of carbonyl (C=O) groups excluding carboxylic acids is 3. The molecule has 0 saturated carbocycles. The second-order valence-corrected chi connectivity index (χ2v) is 32.8. The standard InChI is InChI=1S/C32H39N3O4.C31H42N6O5S.C30H38N6O3/c1-4-33-17-19-34(20-18-33)29-13-8-12-26-27(29)23-35(32(26)36)28(14-9-21-39-25-10-6-5-7-11-25)24-15-16-30(37-2)31(22-24)38-3;1-6-35-15-17-36(18-16-35)27-10-7-9-24-25(27)21-37(31(24)38)26(23-12-13-28(41-4)29(19-23)42-5)11-8-14-33-43(39,40)30-20-32-22(2)34(30)3;1-4-34-16-18-35(19-17-34)26-9-5-8-23-24(26)21-36(29(23)37)25(10-6-13-31-30-32-14-7-15-33-30)22-11-12-27(38-2)28(20-22)39-3/h5-8,10-13,15-16,22,28H,4,9,14,17-21,23H2,1-3H3;7,9-10,12-13,19-20,26,33H,6,8,11,14-18,21H2,1-5H3;5,7-9,11-12,14-15,20,25H,4,6,10,13,16-19,21H2,1-3H3,(H,31,32,33)/t28-;26-;25-/m111/s1. The maximum absolute atomic E-state index is 14.0. The Morgan fingerprint density at radius 1 is 0.421 bits per heavy atom. The SMILES string of the molecule is CCN1CCN(c2cccc3c2CN([C@H](CCCNS(=O)(=O)c2cnc(C)n2C)c2ccc(OC)c(OC)c2)C3=O)CC1.CCN1CCN(c2cccc3c2CN([C@H](CCCNc2ncccn2)c2ccc(OC)c(OC)c2)C3=O)CC1.CCN1CCN(c2cccc3c2CN([C@H](CCCOc2ccccc2)c2ccc(OC)c(OC)c2)C3=O)CC1. The van der Waals surface area contributed by atoms with Gasteiger partial charge in [0.25, 0.3) is 27.7 Å². The predicted molar refractivity (Wildman–Crippen MR) is 472 cm³/mol. The summed E-state index contributed by atoms with van der Waals surface area (Å²) in [5.41, 5.74) is 12.1. The molecular weight excluding hydrogens is 1550 g/mol. The zero-order valence-electron chi connectivity index (χ0n) is 72.0. The van der Waals surface area contributed by atoms with Gasteiger partial charge in [-0.05, 0) is 173 Å². The van der Waals surface area contributed by atoms with Gasteiger partial charge >= 0.3 is 0 Å².